The molecule has 20 heavy (non-hydrogen) atoms. The lowest BCUT2D eigenvalue weighted by atomic mass is 9.62. The Morgan fingerprint density at radius 3 is 2.70 bits per heavy atom. The number of aliphatic hydroxyl groups excluding tert-OH is 1. The van der Waals surface area contributed by atoms with Crippen LogP contribution in [0.4, 0.5) is 0 Å². The van der Waals surface area contributed by atoms with E-state index in [9.17, 15) is 15.0 Å². The minimum Gasteiger partial charge on any atom is -0.463 e. The lowest BCUT2D eigenvalue weighted by Crippen LogP contribution is -2.56. The van der Waals surface area contributed by atoms with Crippen molar-refractivity contribution < 1.29 is 19.7 Å². The Bertz CT molecular complexity index is 424. The van der Waals surface area contributed by atoms with Crippen molar-refractivity contribution >= 4 is 5.97 Å². The van der Waals surface area contributed by atoms with Crippen molar-refractivity contribution in [1.29, 1.82) is 0 Å². The van der Waals surface area contributed by atoms with Crippen LogP contribution in [-0.2, 0) is 9.53 Å². The first-order valence-electron chi connectivity index (χ1n) is 7.49. The number of fused-ring (bicyclic) bond motifs is 1. The quantitative estimate of drug-likeness (QED) is 0.615. The van der Waals surface area contributed by atoms with Gasteiger partial charge < -0.3 is 14.9 Å². The molecule has 0 aromatic rings. The average molecular weight is 282 g/mol. The number of aliphatic hydroxyl groups is 2. The third-order valence-electron chi connectivity index (χ3n) is 4.79. The fraction of sp³-hybridized carbons (Fsp3) is 0.812. The summed E-state index contributed by atoms with van der Waals surface area (Å²) in [5.41, 5.74) is -0.676. The number of rotatable bonds is 3. The molecule has 114 valence electrons. The summed E-state index contributed by atoms with van der Waals surface area (Å²) in [5, 5.41) is 21.6. The molecule has 0 saturated heterocycles. The molecule has 0 aromatic heterocycles. The summed E-state index contributed by atoms with van der Waals surface area (Å²) >= 11 is 0. The van der Waals surface area contributed by atoms with Gasteiger partial charge in [0.25, 0.3) is 0 Å². The lowest BCUT2D eigenvalue weighted by molar-refractivity contribution is -0.155. The maximum absolute atomic E-state index is 11.8. The molecular formula is C16H26O4. The topological polar surface area (TPSA) is 66.8 Å². The van der Waals surface area contributed by atoms with E-state index in [1.165, 1.54) is 0 Å². The normalized spacial score (nSPS) is 35.6. The highest BCUT2D eigenvalue weighted by molar-refractivity contribution is 5.70. The second-order valence-corrected chi connectivity index (χ2v) is 7.05. The summed E-state index contributed by atoms with van der Waals surface area (Å²) in [6.07, 6.45) is 3.63. The first-order chi connectivity index (χ1) is 9.18. The molecule has 0 spiro atoms. The molecule has 2 aliphatic carbocycles. The molecule has 3 atom stereocenters. The van der Waals surface area contributed by atoms with Crippen LogP contribution in [0.1, 0.15) is 53.4 Å². The molecule has 4 heteroatoms. The molecule has 2 rings (SSSR count). The van der Waals surface area contributed by atoms with E-state index in [0.29, 0.717) is 0 Å². The van der Waals surface area contributed by atoms with Crippen LogP contribution in [-0.4, -0.2) is 34.0 Å². The Morgan fingerprint density at radius 2 is 2.15 bits per heavy atom. The standard InChI is InChI=1S/C16H26O4/c1-10(2)20-13(17)9-11-8-12-6-5-7-15(3,4)16(12,19)14(11)18/h8,10-11,14,18-19H,5-7,9H2,1-4H3/t11-,14+,16-/m1/s1. The summed E-state index contributed by atoms with van der Waals surface area (Å²) in [6.45, 7) is 7.58. The van der Waals surface area contributed by atoms with Gasteiger partial charge in [-0.25, -0.2) is 0 Å². The highest BCUT2D eigenvalue weighted by atomic mass is 16.5. The van der Waals surface area contributed by atoms with E-state index < -0.39 is 11.7 Å². The smallest absolute Gasteiger partial charge is 0.306 e. The first kappa shape index (κ1) is 15.5. The van der Waals surface area contributed by atoms with Gasteiger partial charge in [0.2, 0.25) is 0 Å². The van der Waals surface area contributed by atoms with E-state index in [-0.39, 0.29) is 29.8 Å². The maximum Gasteiger partial charge on any atom is 0.306 e. The predicted octanol–water partition coefficient (Wildman–Crippen LogP) is 2.19. The van der Waals surface area contributed by atoms with Crippen LogP contribution in [0.5, 0.6) is 0 Å². The number of carbonyl (C=O) groups excluding carboxylic acids is 1. The van der Waals surface area contributed by atoms with Crippen molar-refractivity contribution in [2.45, 2.75) is 71.2 Å². The summed E-state index contributed by atoms with van der Waals surface area (Å²) in [7, 11) is 0. The second-order valence-electron chi connectivity index (χ2n) is 7.05. The molecule has 2 N–H and O–H groups in total. The van der Waals surface area contributed by atoms with E-state index in [2.05, 4.69) is 0 Å². The molecule has 1 saturated carbocycles. The Kier molecular flexibility index (Phi) is 4.00. The van der Waals surface area contributed by atoms with Gasteiger partial charge in [-0.1, -0.05) is 19.9 Å². The fourth-order valence-corrected chi connectivity index (χ4v) is 3.67. The third kappa shape index (κ3) is 2.40. The van der Waals surface area contributed by atoms with Gasteiger partial charge in [0.05, 0.1) is 18.6 Å². The average Bonchev–Trinajstić information content (AvgIpc) is 2.54. The van der Waals surface area contributed by atoms with Crippen LogP contribution in [0.3, 0.4) is 0 Å². The van der Waals surface area contributed by atoms with Gasteiger partial charge in [0.1, 0.15) is 5.60 Å². The molecular weight excluding hydrogens is 256 g/mol. The molecule has 2 aliphatic rings. The molecule has 0 radical (unpaired) electrons. The minimum absolute atomic E-state index is 0.126. The van der Waals surface area contributed by atoms with E-state index in [0.717, 1.165) is 24.8 Å². The van der Waals surface area contributed by atoms with Gasteiger partial charge in [-0.2, -0.15) is 0 Å². The Balaban J connectivity index is 2.16. The zero-order chi connectivity index (χ0) is 15.1. The molecule has 0 bridgehead atoms. The van der Waals surface area contributed by atoms with Crippen LogP contribution >= 0.6 is 0 Å². The minimum atomic E-state index is -1.20. The Morgan fingerprint density at radius 1 is 1.50 bits per heavy atom. The van der Waals surface area contributed by atoms with Gasteiger partial charge in [-0.15, -0.1) is 0 Å². The summed E-state index contributed by atoms with van der Waals surface area (Å²) < 4.78 is 5.14. The van der Waals surface area contributed by atoms with Crippen molar-refractivity contribution in [1.82, 2.24) is 0 Å². The molecule has 0 unspecified atom stereocenters. The van der Waals surface area contributed by atoms with Crippen molar-refractivity contribution in [3.8, 4) is 0 Å². The van der Waals surface area contributed by atoms with Gasteiger partial charge in [-0.05, 0) is 44.1 Å². The Labute approximate surface area is 120 Å². The maximum atomic E-state index is 11.8. The van der Waals surface area contributed by atoms with E-state index in [1.807, 2.05) is 19.9 Å². The van der Waals surface area contributed by atoms with Gasteiger partial charge in [-0.3, -0.25) is 4.79 Å². The molecule has 0 aromatic carbocycles. The van der Waals surface area contributed by atoms with Crippen LogP contribution < -0.4 is 0 Å². The zero-order valence-electron chi connectivity index (χ0n) is 12.8. The molecule has 1 fully saturated rings. The van der Waals surface area contributed by atoms with Crippen molar-refractivity contribution in [3.63, 3.8) is 0 Å². The summed E-state index contributed by atoms with van der Waals surface area (Å²) in [5.74, 6) is -0.667. The molecule has 0 heterocycles. The zero-order valence-corrected chi connectivity index (χ0v) is 12.8. The predicted molar refractivity (Wildman–Crippen MR) is 76.0 cm³/mol. The first-order valence-corrected chi connectivity index (χ1v) is 7.49. The summed E-state index contributed by atoms with van der Waals surface area (Å²) in [6, 6.07) is 0. The lowest BCUT2D eigenvalue weighted by Gasteiger charge is -2.48. The molecule has 0 amide bonds. The molecule has 4 nitrogen and oxygen atoms in total. The molecule has 0 aliphatic heterocycles. The van der Waals surface area contributed by atoms with Crippen molar-refractivity contribution in [3.05, 3.63) is 11.6 Å². The summed E-state index contributed by atoms with van der Waals surface area (Å²) in [4.78, 5) is 11.8. The number of carbonyl (C=O) groups is 1. The van der Waals surface area contributed by atoms with Crippen LogP contribution in [0.25, 0.3) is 0 Å². The Hall–Kier alpha value is -0.870. The number of hydrogen-bond donors (Lipinski definition) is 2. The van der Waals surface area contributed by atoms with E-state index in [4.69, 9.17) is 4.74 Å². The number of esters is 1. The van der Waals surface area contributed by atoms with Gasteiger partial charge in [0.15, 0.2) is 0 Å². The highest BCUT2D eigenvalue weighted by Gasteiger charge is 2.58. The largest absolute Gasteiger partial charge is 0.463 e. The monoisotopic (exact) mass is 282 g/mol. The SMILES string of the molecule is CC(C)OC(=O)C[C@H]1C=C2CCCC(C)(C)[C@]2(O)[C@H]1O. The number of hydrogen-bond acceptors (Lipinski definition) is 4. The van der Waals surface area contributed by atoms with Crippen molar-refractivity contribution in [2.75, 3.05) is 0 Å². The third-order valence-corrected chi connectivity index (χ3v) is 4.79. The van der Waals surface area contributed by atoms with Gasteiger partial charge in [0, 0.05) is 5.92 Å². The van der Waals surface area contributed by atoms with E-state index in [1.54, 1.807) is 13.8 Å². The van der Waals surface area contributed by atoms with Crippen LogP contribution in [0.15, 0.2) is 11.6 Å². The van der Waals surface area contributed by atoms with Crippen LogP contribution in [0, 0.1) is 11.3 Å². The fourth-order valence-electron chi connectivity index (χ4n) is 3.67. The highest BCUT2D eigenvalue weighted by Crippen LogP contribution is 2.54. The van der Waals surface area contributed by atoms with Crippen molar-refractivity contribution in [2.24, 2.45) is 11.3 Å². The van der Waals surface area contributed by atoms with Gasteiger partial charge >= 0.3 is 5.97 Å². The van der Waals surface area contributed by atoms with E-state index >= 15 is 0 Å². The second kappa shape index (κ2) is 5.15. The number of ether oxygens (including phenoxy) is 1. The van der Waals surface area contributed by atoms with Crippen LogP contribution in [0.2, 0.25) is 0 Å².